The molecule has 1 aliphatic heterocycles. The van der Waals surface area contributed by atoms with Crippen molar-refractivity contribution >= 4 is 35.4 Å². The van der Waals surface area contributed by atoms with Crippen molar-refractivity contribution in [2.45, 2.75) is 53.2 Å². The van der Waals surface area contributed by atoms with Crippen molar-refractivity contribution in [3.63, 3.8) is 0 Å². The SMILES string of the molecule is CC(C)(C)OC(=O)Nc1ccccc1NC(=O)c1cnc(N2CCN(C(=O)O)C(C(C)(C)C)C2)nc1. The molecule has 0 saturated carbocycles. The van der Waals surface area contributed by atoms with Crippen LogP contribution in [0.1, 0.15) is 51.9 Å². The average Bonchev–Trinajstić information content (AvgIpc) is 2.78. The number of hydrogen-bond donors (Lipinski definition) is 3. The highest BCUT2D eigenvalue weighted by Gasteiger charge is 2.38. The molecule has 1 aromatic carbocycles. The number of piperazine rings is 1. The van der Waals surface area contributed by atoms with Gasteiger partial charge in [0.1, 0.15) is 5.60 Å². The van der Waals surface area contributed by atoms with Gasteiger partial charge in [-0.1, -0.05) is 32.9 Å². The van der Waals surface area contributed by atoms with Gasteiger partial charge in [-0.2, -0.15) is 0 Å². The highest BCUT2D eigenvalue weighted by molar-refractivity contribution is 6.06. The molecule has 194 valence electrons. The Bertz CT molecular complexity index is 1110. The highest BCUT2D eigenvalue weighted by atomic mass is 16.6. The van der Waals surface area contributed by atoms with Crippen molar-refractivity contribution in [1.29, 1.82) is 0 Å². The number of carbonyl (C=O) groups is 3. The summed E-state index contributed by atoms with van der Waals surface area (Å²) in [5, 5.41) is 15.0. The van der Waals surface area contributed by atoms with Gasteiger partial charge in [0.15, 0.2) is 0 Å². The molecule has 1 aliphatic rings. The first-order chi connectivity index (χ1) is 16.7. The summed E-state index contributed by atoms with van der Waals surface area (Å²) in [5.74, 6) is -0.0129. The van der Waals surface area contributed by atoms with Crippen molar-refractivity contribution in [2.24, 2.45) is 5.41 Å². The number of nitrogens with zero attached hydrogens (tertiary/aromatic N) is 4. The summed E-state index contributed by atoms with van der Waals surface area (Å²) in [6.45, 7) is 12.5. The van der Waals surface area contributed by atoms with Crippen molar-refractivity contribution in [3.05, 3.63) is 42.2 Å². The lowest BCUT2D eigenvalue weighted by Crippen LogP contribution is -2.59. The minimum atomic E-state index is -0.941. The standard InChI is InChI=1S/C25H34N6O5/c1-24(2,3)19-15-30(11-12-31(19)23(34)35)21-26-13-16(14-27-21)20(32)28-17-9-7-8-10-18(17)29-22(33)36-25(4,5)6/h7-10,13-14,19H,11-12,15H2,1-6H3,(H,28,32)(H,29,33)(H,34,35). The zero-order chi connectivity index (χ0) is 26.7. The summed E-state index contributed by atoms with van der Waals surface area (Å²) in [5.41, 5.74) is 0.103. The van der Waals surface area contributed by atoms with Gasteiger partial charge in [0, 0.05) is 32.0 Å². The quantitative estimate of drug-likeness (QED) is 0.568. The fourth-order valence-electron chi connectivity index (χ4n) is 3.85. The molecule has 3 N–H and O–H groups in total. The molecule has 0 spiro atoms. The van der Waals surface area contributed by atoms with E-state index in [1.165, 1.54) is 17.3 Å². The Hall–Kier alpha value is -3.89. The van der Waals surface area contributed by atoms with E-state index in [9.17, 15) is 19.5 Å². The zero-order valence-electron chi connectivity index (χ0n) is 21.5. The monoisotopic (exact) mass is 498 g/mol. The lowest BCUT2D eigenvalue weighted by atomic mass is 9.84. The van der Waals surface area contributed by atoms with E-state index in [2.05, 4.69) is 20.6 Å². The zero-order valence-corrected chi connectivity index (χ0v) is 21.5. The summed E-state index contributed by atoms with van der Waals surface area (Å²) < 4.78 is 5.28. The average molecular weight is 499 g/mol. The maximum Gasteiger partial charge on any atom is 0.412 e. The maximum atomic E-state index is 12.8. The Labute approximate surface area is 210 Å². The largest absolute Gasteiger partial charge is 0.465 e. The number of amides is 3. The number of ether oxygens (including phenoxy) is 1. The van der Waals surface area contributed by atoms with Crippen LogP contribution in [-0.2, 0) is 4.74 Å². The second-order valence-corrected chi connectivity index (χ2v) is 10.7. The Kier molecular flexibility index (Phi) is 7.71. The van der Waals surface area contributed by atoms with Crippen LogP contribution in [0, 0.1) is 5.41 Å². The third-order valence-corrected chi connectivity index (χ3v) is 5.62. The molecule has 11 nitrogen and oxygen atoms in total. The third-order valence-electron chi connectivity index (χ3n) is 5.62. The van der Waals surface area contributed by atoms with Gasteiger partial charge < -0.3 is 25.0 Å². The van der Waals surface area contributed by atoms with Crippen molar-refractivity contribution in [3.8, 4) is 0 Å². The van der Waals surface area contributed by atoms with E-state index >= 15 is 0 Å². The summed E-state index contributed by atoms with van der Waals surface area (Å²) in [4.78, 5) is 48.8. The second-order valence-electron chi connectivity index (χ2n) is 10.7. The van der Waals surface area contributed by atoms with E-state index in [1.54, 1.807) is 45.0 Å². The van der Waals surface area contributed by atoms with Crippen LogP contribution >= 0.6 is 0 Å². The number of rotatable bonds is 4. The molecular formula is C25H34N6O5. The summed E-state index contributed by atoms with van der Waals surface area (Å²) >= 11 is 0. The molecule has 0 radical (unpaired) electrons. The molecule has 3 rings (SSSR count). The predicted octanol–water partition coefficient (Wildman–Crippen LogP) is 4.29. The Morgan fingerprint density at radius 1 is 0.972 bits per heavy atom. The third kappa shape index (κ3) is 6.83. The molecule has 11 heteroatoms. The van der Waals surface area contributed by atoms with E-state index in [0.29, 0.717) is 37.0 Å². The van der Waals surface area contributed by atoms with Crippen LogP contribution < -0.4 is 15.5 Å². The molecule has 3 amide bonds. The number of nitrogens with one attached hydrogen (secondary N) is 2. The topological polar surface area (TPSA) is 137 Å². The molecule has 1 fully saturated rings. The number of aromatic nitrogens is 2. The van der Waals surface area contributed by atoms with Crippen LogP contribution in [0.2, 0.25) is 0 Å². The molecule has 2 aromatic rings. The number of carboxylic acid groups (broad SMARTS) is 1. The molecule has 0 bridgehead atoms. The van der Waals surface area contributed by atoms with Gasteiger partial charge in [0.2, 0.25) is 5.95 Å². The van der Waals surface area contributed by atoms with Crippen LogP contribution in [0.5, 0.6) is 0 Å². The normalized spacial score (nSPS) is 16.3. The first-order valence-electron chi connectivity index (χ1n) is 11.7. The van der Waals surface area contributed by atoms with Crippen molar-refractivity contribution < 1.29 is 24.2 Å². The van der Waals surface area contributed by atoms with Gasteiger partial charge in [0.05, 0.1) is 23.0 Å². The molecular weight excluding hydrogens is 464 g/mol. The van der Waals surface area contributed by atoms with Crippen LogP contribution in [0.15, 0.2) is 36.7 Å². The molecule has 1 atom stereocenters. The fraction of sp³-hybridized carbons (Fsp3) is 0.480. The molecule has 0 aliphatic carbocycles. The van der Waals surface area contributed by atoms with Gasteiger partial charge in [-0.05, 0) is 38.3 Å². The number of anilines is 3. The van der Waals surface area contributed by atoms with Crippen LogP contribution in [0.25, 0.3) is 0 Å². The van der Waals surface area contributed by atoms with Gasteiger partial charge in [-0.25, -0.2) is 19.6 Å². The predicted molar refractivity (Wildman–Crippen MR) is 136 cm³/mol. The van der Waals surface area contributed by atoms with Crippen molar-refractivity contribution in [2.75, 3.05) is 35.2 Å². The van der Waals surface area contributed by atoms with Gasteiger partial charge in [-0.15, -0.1) is 0 Å². The van der Waals surface area contributed by atoms with E-state index in [-0.39, 0.29) is 17.0 Å². The van der Waals surface area contributed by atoms with E-state index in [0.717, 1.165) is 0 Å². The number of hydrogen-bond acceptors (Lipinski definition) is 7. The first kappa shape index (κ1) is 26.7. The van der Waals surface area contributed by atoms with E-state index in [4.69, 9.17) is 4.74 Å². The highest BCUT2D eigenvalue weighted by Crippen LogP contribution is 2.29. The van der Waals surface area contributed by atoms with E-state index in [1.807, 2.05) is 25.7 Å². The minimum absolute atomic E-state index is 0.232. The van der Waals surface area contributed by atoms with Gasteiger partial charge in [-0.3, -0.25) is 10.1 Å². The Morgan fingerprint density at radius 3 is 2.08 bits per heavy atom. The van der Waals surface area contributed by atoms with Crippen molar-refractivity contribution in [1.82, 2.24) is 14.9 Å². The van der Waals surface area contributed by atoms with Crippen LogP contribution in [0.4, 0.5) is 26.9 Å². The molecule has 1 saturated heterocycles. The number of para-hydroxylation sites is 2. The molecule has 36 heavy (non-hydrogen) atoms. The maximum absolute atomic E-state index is 12.8. The summed E-state index contributed by atoms with van der Waals surface area (Å²) in [7, 11) is 0. The number of carbonyl (C=O) groups excluding carboxylic acids is 2. The smallest absolute Gasteiger partial charge is 0.412 e. The second kappa shape index (κ2) is 10.4. The van der Waals surface area contributed by atoms with Gasteiger partial charge in [0.25, 0.3) is 5.91 Å². The van der Waals surface area contributed by atoms with Crippen LogP contribution in [-0.4, -0.2) is 69.3 Å². The lowest BCUT2D eigenvalue weighted by molar-refractivity contribution is 0.0635. The molecule has 1 unspecified atom stereocenters. The molecule has 1 aromatic heterocycles. The lowest BCUT2D eigenvalue weighted by Gasteiger charge is -2.45. The Balaban J connectivity index is 1.69. The minimum Gasteiger partial charge on any atom is -0.465 e. The number of benzene rings is 1. The summed E-state index contributed by atoms with van der Waals surface area (Å²) in [6, 6.07) is 6.55. The first-order valence-corrected chi connectivity index (χ1v) is 11.7. The molecule has 2 heterocycles. The Morgan fingerprint density at radius 2 is 1.56 bits per heavy atom. The fourth-order valence-corrected chi connectivity index (χ4v) is 3.85. The van der Waals surface area contributed by atoms with E-state index < -0.39 is 23.7 Å². The van der Waals surface area contributed by atoms with Crippen LogP contribution in [0.3, 0.4) is 0 Å². The van der Waals surface area contributed by atoms with Gasteiger partial charge >= 0.3 is 12.2 Å². The summed E-state index contributed by atoms with van der Waals surface area (Å²) in [6.07, 6.45) is 1.28.